The minimum absolute atomic E-state index is 0.0241. The summed E-state index contributed by atoms with van der Waals surface area (Å²) in [5.74, 6) is 0.365. The number of sulfonamides is 1. The number of carbonyl (C=O) groups excluding carboxylic acids is 1. The molecule has 186 valence electrons. The van der Waals surface area contributed by atoms with E-state index in [0.29, 0.717) is 11.5 Å². The average molecular weight is 497 g/mol. The summed E-state index contributed by atoms with van der Waals surface area (Å²) in [6, 6.07) is 23.5. The number of rotatable bonds is 12. The molecule has 1 atom stereocenters. The van der Waals surface area contributed by atoms with E-state index in [1.54, 1.807) is 0 Å². The zero-order chi connectivity index (χ0) is 25.3. The van der Waals surface area contributed by atoms with Crippen molar-refractivity contribution in [1.82, 2.24) is 9.62 Å². The molecule has 0 unspecified atom stereocenters. The van der Waals surface area contributed by atoms with E-state index in [0.717, 1.165) is 18.4 Å². The summed E-state index contributed by atoms with van der Waals surface area (Å²) in [5, 5.41) is 2.94. The number of nitrogens with one attached hydrogen (secondary N) is 1. The lowest BCUT2D eigenvalue weighted by atomic mass is 10.1. The fourth-order valence-electron chi connectivity index (χ4n) is 3.72. The summed E-state index contributed by atoms with van der Waals surface area (Å²) in [7, 11) is -1.08. The van der Waals surface area contributed by atoms with Gasteiger partial charge in [0.05, 0.1) is 25.7 Å². The van der Waals surface area contributed by atoms with Crippen LogP contribution in [0.15, 0.2) is 83.8 Å². The largest absolute Gasteiger partial charge is 0.493 e. The van der Waals surface area contributed by atoms with Gasteiger partial charge in [0.2, 0.25) is 15.9 Å². The summed E-state index contributed by atoms with van der Waals surface area (Å²) < 4.78 is 38.9. The number of carbonyl (C=O) groups is 1. The maximum Gasteiger partial charge on any atom is 0.243 e. The lowest BCUT2D eigenvalue weighted by Gasteiger charge is -2.23. The van der Waals surface area contributed by atoms with Crippen molar-refractivity contribution >= 4 is 15.9 Å². The topological polar surface area (TPSA) is 84.9 Å². The molecule has 0 heterocycles. The number of methoxy groups -OCH3 is 2. The molecule has 0 aliphatic carbocycles. The average Bonchev–Trinajstić information content (AvgIpc) is 2.87. The Hall–Kier alpha value is -3.36. The van der Waals surface area contributed by atoms with Crippen LogP contribution in [0.4, 0.5) is 0 Å². The minimum atomic E-state index is -4.01. The van der Waals surface area contributed by atoms with E-state index in [1.165, 1.54) is 42.3 Å². The molecule has 0 fully saturated rings. The first-order valence-electron chi connectivity index (χ1n) is 11.4. The number of hydrogen-bond acceptors (Lipinski definition) is 5. The van der Waals surface area contributed by atoms with Crippen molar-refractivity contribution < 1.29 is 22.7 Å². The SMILES string of the molecule is COc1ccc(S(=O)(=O)N(CC(=O)N[C@H](C)CCc2ccccc2)Cc2ccccc2)cc1OC. The molecule has 3 rings (SSSR count). The monoisotopic (exact) mass is 496 g/mol. The maximum atomic E-state index is 13.6. The second kappa shape index (κ2) is 12.4. The Morgan fingerprint density at radius 3 is 2.09 bits per heavy atom. The van der Waals surface area contributed by atoms with Gasteiger partial charge in [0.25, 0.3) is 0 Å². The highest BCUT2D eigenvalue weighted by Gasteiger charge is 2.28. The standard InChI is InChI=1S/C27H32N2O5S/c1-21(14-15-22-10-6-4-7-11-22)28-27(30)20-29(19-23-12-8-5-9-13-23)35(31,32)24-16-17-25(33-2)26(18-24)34-3/h4-13,16-18,21H,14-15,19-20H2,1-3H3,(H,28,30)/t21-/m1/s1. The van der Waals surface area contributed by atoms with Gasteiger partial charge < -0.3 is 14.8 Å². The number of ether oxygens (including phenoxy) is 2. The normalized spacial score (nSPS) is 12.2. The van der Waals surface area contributed by atoms with E-state index in [9.17, 15) is 13.2 Å². The first kappa shape index (κ1) is 26.2. The maximum absolute atomic E-state index is 13.6. The predicted molar refractivity (Wildman–Crippen MR) is 136 cm³/mol. The molecule has 1 amide bonds. The Labute approximate surface area is 207 Å². The highest BCUT2D eigenvalue weighted by Crippen LogP contribution is 2.31. The van der Waals surface area contributed by atoms with E-state index in [4.69, 9.17) is 9.47 Å². The highest BCUT2D eigenvalue weighted by atomic mass is 32.2. The van der Waals surface area contributed by atoms with E-state index >= 15 is 0 Å². The van der Waals surface area contributed by atoms with Gasteiger partial charge in [-0.25, -0.2) is 8.42 Å². The molecule has 0 saturated carbocycles. The van der Waals surface area contributed by atoms with Crippen molar-refractivity contribution in [3.8, 4) is 11.5 Å². The van der Waals surface area contributed by atoms with Gasteiger partial charge >= 0.3 is 0 Å². The number of aryl methyl sites for hydroxylation is 1. The second-order valence-electron chi connectivity index (χ2n) is 8.27. The van der Waals surface area contributed by atoms with Crippen molar-refractivity contribution in [1.29, 1.82) is 0 Å². The highest BCUT2D eigenvalue weighted by molar-refractivity contribution is 7.89. The number of nitrogens with zero attached hydrogens (tertiary/aromatic N) is 1. The first-order chi connectivity index (χ1) is 16.8. The van der Waals surface area contributed by atoms with Crippen LogP contribution in [0.5, 0.6) is 11.5 Å². The van der Waals surface area contributed by atoms with Crippen molar-refractivity contribution in [3.05, 3.63) is 90.0 Å². The fourth-order valence-corrected chi connectivity index (χ4v) is 5.12. The molecule has 0 saturated heterocycles. The van der Waals surface area contributed by atoms with Crippen molar-refractivity contribution in [3.63, 3.8) is 0 Å². The van der Waals surface area contributed by atoms with Crippen LogP contribution in [0.2, 0.25) is 0 Å². The molecule has 1 N–H and O–H groups in total. The Kier molecular flexibility index (Phi) is 9.28. The van der Waals surface area contributed by atoms with Crippen LogP contribution in [-0.2, 0) is 27.8 Å². The Morgan fingerprint density at radius 2 is 1.49 bits per heavy atom. The zero-order valence-corrected chi connectivity index (χ0v) is 21.1. The minimum Gasteiger partial charge on any atom is -0.493 e. The van der Waals surface area contributed by atoms with Gasteiger partial charge in [0.1, 0.15) is 0 Å². The third kappa shape index (κ3) is 7.31. The molecule has 3 aromatic rings. The van der Waals surface area contributed by atoms with Crippen LogP contribution in [0.25, 0.3) is 0 Å². The summed E-state index contributed by atoms with van der Waals surface area (Å²) in [4.78, 5) is 12.9. The number of hydrogen-bond donors (Lipinski definition) is 1. The van der Waals surface area contributed by atoms with Crippen LogP contribution in [-0.4, -0.2) is 45.4 Å². The predicted octanol–water partition coefficient (Wildman–Crippen LogP) is 4.03. The molecular formula is C27H32N2O5S. The van der Waals surface area contributed by atoms with Crippen molar-refractivity contribution in [2.45, 2.75) is 37.2 Å². The summed E-state index contributed by atoms with van der Waals surface area (Å²) in [6.45, 7) is 1.68. The van der Waals surface area contributed by atoms with Crippen molar-refractivity contribution in [2.24, 2.45) is 0 Å². The van der Waals surface area contributed by atoms with Gasteiger partial charge in [-0.05, 0) is 43.0 Å². The second-order valence-corrected chi connectivity index (χ2v) is 10.2. The molecular weight excluding hydrogens is 464 g/mol. The van der Waals surface area contributed by atoms with Gasteiger partial charge in [-0.2, -0.15) is 4.31 Å². The van der Waals surface area contributed by atoms with Crippen LogP contribution < -0.4 is 14.8 Å². The van der Waals surface area contributed by atoms with E-state index in [2.05, 4.69) is 5.32 Å². The molecule has 7 nitrogen and oxygen atoms in total. The first-order valence-corrected chi connectivity index (χ1v) is 12.9. The van der Waals surface area contributed by atoms with E-state index in [1.807, 2.05) is 67.6 Å². The van der Waals surface area contributed by atoms with Crippen LogP contribution >= 0.6 is 0 Å². The van der Waals surface area contributed by atoms with E-state index in [-0.39, 0.29) is 29.9 Å². The molecule has 0 radical (unpaired) electrons. The van der Waals surface area contributed by atoms with Gasteiger partial charge in [0, 0.05) is 18.7 Å². The molecule has 8 heteroatoms. The number of amides is 1. The number of benzene rings is 3. The molecule has 35 heavy (non-hydrogen) atoms. The third-order valence-corrected chi connectivity index (χ3v) is 7.42. The molecule has 0 aliphatic rings. The quantitative estimate of drug-likeness (QED) is 0.409. The van der Waals surface area contributed by atoms with Crippen molar-refractivity contribution in [2.75, 3.05) is 20.8 Å². The lowest BCUT2D eigenvalue weighted by Crippen LogP contribution is -2.43. The summed E-state index contributed by atoms with van der Waals surface area (Å²) in [5.41, 5.74) is 1.97. The Bertz CT molecular complexity index is 1200. The molecule has 0 bridgehead atoms. The zero-order valence-electron chi connectivity index (χ0n) is 20.3. The van der Waals surface area contributed by atoms with Crippen LogP contribution in [0.1, 0.15) is 24.5 Å². The van der Waals surface area contributed by atoms with Gasteiger partial charge in [-0.3, -0.25) is 4.79 Å². The van der Waals surface area contributed by atoms with Crippen LogP contribution in [0.3, 0.4) is 0 Å². The molecule has 3 aromatic carbocycles. The fraction of sp³-hybridized carbons (Fsp3) is 0.296. The Morgan fingerprint density at radius 1 is 0.886 bits per heavy atom. The van der Waals surface area contributed by atoms with Gasteiger partial charge in [-0.1, -0.05) is 60.7 Å². The summed E-state index contributed by atoms with van der Waals surface area (Å²) in [6.07, 6.45) is 1.57. The lowest BCUT2D eigenvalue weighted by molar-refractivity contribution is -0.122. The van der Waals surface area contributed by atoms with Crippen LogP contribution in [0, 0.1) is 0 Å². The van der Waals surface area contributed by atoms with E-state index < -0.39 is 10.0 Å². The summed E-state index contributed by atoms with van der Waals surface area (Å²) >= 11 is 0. The molecule has 0 aliphatic heterocycles. The molecule has 0 aromatic heterocycles. The third-order valence-electron chi connectivity index (χ3n) is 5.63. The Balaban J connectivity index is 1.77. The smallest absolute Gasteiger partial charge is 0.243 e. The van der Waals surface area contributed by atoms with Gasteiger partial charge in [0.15, 0.2) is 11.5 Å². The van der Waals surface area contributed by atoms with Gasteiger partial charge in [-0.15, -0.1) is 0 Å². The molecule has 0 spiro atoms.